The van der Waals surface area contributed by atoms with Crippen LogP contribution in [0.5, 0.6) is 0 Å². The van der Waals surface area contributed by atoms with Gasteiger partial charge in [-0.3, -0.25) is 0 Å². The molecule has 12 heavy (non-hydrogen) atoms. The molecule has 0 aliphatic heterocycles. The van der Waals surface area contributed by atoms with Crippen molar-refractivity contribution in [2.24, 2.45) is 5.92 Å². The first-order valence-corrected chi connectivity index (χ1v) is 4.94. The van der Waals surface area contributed by atoms with E-state index in [1.807, 2.05) is 0 Å². The molecule has 1 aromatic carbocycles. The van der Waals surface area contributed by atoms with Gasteiger partial charge in [0.2, 0.25) is 0 Å². The number of hydrogen-bond donors (Lipinski definition) is 1. The molecule has 0 amide bonds. The van der Waals surface area contributed by atoms with Gasteiger partial charge in [-0.15, -0.1) is 0 Å². The van der Waals surface area contributed by atoms with Crippen LogP contribution in [0.4, 0.5) is 0 Å². The molecule has 0 spiro atoms. The predicted molar refractivity (Wildman–Crippen MR) is 57.8 cm³/mol. The first-order valence-electron chi connectivity index (χ1n) is 4.42. The molecule has 2 atom stereocenters. The van der Waals surface area contributed by atoms with Crippen LogP contribution in [-0.4, -0.2) is 5.25 Å². The van der Waals surface area contributed by atoms with E-state index in [4.69, 9.17) is 0 Å². The third-order valence-corrected chi connectivity index (χ3v) is 2.73. The molecule has 0 N–H and O–H groups in total. The van der Waals surface area contributed by atoms with Crippen LogP contribution in [0.3, 0.4) is 0 Å². The van der Waals surface area contributed by atoms with Gasteiger partial charge in [-0.2, -0.15) is 12.6 Å². The van der Waals surface area contributed by atoms with Crippen LogP contribution in [0.15, 0.2) is 30.3 Å². The highest BCUT2D eigenvalue weighted by Gasteiger charge is 2.07. The fourth-order valence-corrected chi connectivity index (χ4v) is 1.26. The van der Waals surface area contributed by atoms with E-state index in [0.717, 1.165) is 6.42 Å². The number of benzene rings is 1. The highest BCUT2D eigenvalue weighted by Crippen LogP contribution is 2.15. The predicted octanol–water partition coefficient (Wildman–Crippen LogP) is 3.18. The van der Waals surface area contributed by atoms with Crippen molar-refractivity contribution in [1.29, 1.82) is 0 Å². The molecular formula is C11H16S. The zero-order valence-electron chi connectivity index (χ0n) is 7.70. The van der Waals surface area contributed by atoms with Crippen molar-refractivity contribution >= 4 is 12.6 Å². The van der Waals surface area contributed by atoms with Crippen molar-refractivity contribution in [3.05, 3.63) is 35.9 Å². The van der Waals surface area contributed by atoms with E-state index in [0.29, 0.717) is 11.2 Å². The summed E-state index contributed by atoms with van der Waals surface area (Å²) >= 11 is 4.42. The minimum Gasteiger partial charge on any atom is -0.176 e. The zero-order valence-corrected chi connectivity index (χ0v) is 8.59. The summed E-state index contributed by atoms with van der Waals surface area (Å²) < 4.78 is 0. The molecule has 0 nitrogen and oxygen atoms in total. The molecule has 0 saturated heterocycles. The maximum absolute atomic E-state index is 4.42. The van der Waals surface area contributed by atoms with Crippen LogP contribution in [0.25, 0.3) is 0 Å². The summed E-state index contributed by atoms with van der Waals surface area (Å²) in [6.45, 7) is 4.39. The average molecular weight is 180 g/mol. The van der Waals surface area contributed by atoms with E-state index in [-0.39, 0.29) is 0 Å². The molecule has 0 aliphatic carbocycles. The van der Waals surface area contributed by atoms with Crippen LogP contribution >= 0.6 is 12.6 Å². The lowest BCUT2D eigenvalue weighted by atomic mass is 9.99. The third-order valence-electron chi connectivity index (χ3n) is 2.22. The van der Waals surface area contributed by atoms with E-state index in [1.165, 1.54) is 5.56 Å². The third kappa shape index (κ3) is 2.90. The van der Waals surface area contributed by atoms with Crippen LogP contribution < -0.4 is 0 Å². The van der Waals surface area contributed by atoms with Gasteiger partial charge in [0.25, 0.3) is 0 Å². The summed E-state index contributed by atoms with van der Waals surface area (Å²) in [7, 11) is 0. The maximum atomic E-state index is 4.42. The van der Waals surface area contributed by atoms with Crippen molar-refractivity contribution in [2.75, 3.05) is 0 Å². The topological polar surface area (TPSA) is 0 Å². The monoisotopic (exact) mass is 180 g/mol. The second kappa shape index (κ2) is 4.56. The van der Waals surface area contributed by atoms with Crippen molar-refractivity contribution in [3.63, 3.8) is 0 Å². The van der Waals surface area contributed by atoms with Gasteiger partial charge in [-0.1, -0.05) is 44.2 Å². The highest BCUT2D eigenvalue weighted by molar-refractivity contribution is 7.80. The average Bonchev–Trinajstić information content (AvgIpc) is 2.06. The number of hydrogen-bond acceptors (Lipinski definition) is 1. The Hall–Kier alpha value is -0.430. The zero-order chi connectivity index (χ0) is 8.97. The van der Waals surface area contributed by atoms with Gasteiger partial charge in [0.05, 0.1) is 0 Å². The van der Waals surface area contributed by atoms with Gasteiger partial charge >= 0.3 is 0 Å². The molecule has 1 rings (SSSR count). The Kier molecular flexibility index (Phi) is 3.67. The van der Waals surface area contributed by atoms with Gasteiger partial charge in [0.1, 0.15) is 0 Å². The Balaban J connectivity index is 2.53. The molecule has 0 saturated carbocycles. The van der Waals surface area contributed by atoms with Crippen LogP contribution in [0.2, 0.25) is 0 Å². The summed E-state index contributed by atoms with van der Waals surface area (Å²) in [5.74, 6) is 0.649. The van der Waals surface area contributed by atoms with Gasteiger partial charge in [-0.05, 0) is 17.9 Å². The van der Waals surface area contributed by atoms with E-state index < -0.39 is 0 Å². The highest BCUT2D eigenvalue weighted by atomic mass is 32.1. The minimum atomic E-state index is 0.477. The molecule has 0 aromatic heterocycles. The van der Waals surface area contributed by atoms with E-state index in [2.05, 4.69) is 56.8 Å². The molecule has 1 aromatic rings. The molecule has 1 heteroatoms. The standard InChI is InChI=1S/C11H16S/c1-9(10(2)12)8-11-6-4-3-5-7-11/h3-7,9-10,12H,8H2,1-2H3. The van der Waals surface area contributed by atoms with Crippen LogP contribution in [0, 0.1) is 5.92 Å². The molecule has 66 valence electrons. The fraction of sp³-hybridized carbons (Fsp3) is 0.455. The number of rotatable bonds is 3. The van der Waals surface area contributed by atoms with Crippen molar-refractivity contribution in [1.82, 2.24) is 0 Å². The maximum Gasteiger partial charge on any atom is 0.00172 e. The summed E-state index contributed by atoms with van der Waals surface area (Å²) in [6, 6.07) is 10.6. The normalized spacial score (nSPS) is 15.6. The first-order chi connectivity index (χ1) is 5.70. The van der Waals surface area contributed by atoms with Gasteiger partial charge in [0, 0.05) is 5.25 Å². The number of thiol groups is 1. The molecule has 0 radical (unpaired) electrons. The van der Waals surface area contributed by atoms with E-state index >= 15 is 0 Å². The van der Waals surface area contributed by atoms with Gasteiger partial charge in [-0.25, -0.2) is 0 Å². The lowest BCUT2D eigenvalue weighted by Gasteiger charge is -2.14. The smallest absolute Gasteiger partial charge is 0.00172 e. The summed E-state index contributed by atoms with van der Waals surface area (Å²) in [6.07, 6.45) is 1.13. The Morgan fingerprint density at radius 2 is 1.75 bits per heavy atom. The lowest BCUT2D eigenvalue weighted by molar-refractivity contribution is 0.577. The van der Waals surface area contributed by atoms with E-state index in [9.17, 15) is 0 Å². The Bertz CT molecular complexity index is 216. The largest absolute Gasteiger partial charge is 0.176 e. The Labute approximate surface area is 80.4 Å². The molecule has 0 aliphatic rings. The fourth-order valence-electron chi connectivity index (χ4n) is 1.16. The molecule has 2 unspecified atom stereocenters. The molecular weight excluding hydrogens is 164 g/mol. The van der Waals surface area contributed by atoms with Crippen molar-refractivity contribution in [2.45, 2.75) is 25.5 Å². The molecule has 0 bridgehead atoms. The Morgan fingerprint density at radius 3 is 2.25 bits per heavy atom. The van der Waals surface area contributed by atoms with Gasteiger partial charge in [0.15, 0.2) is 0 Å². The Morgan fingerprint density at radius 1 is 1.17 bits per heavy atom. The summed E-state index contributed by atoms with van der Waals surface area (Å²) in [5, 5.41) is 0.477. The molecule has 0 fully saturated rings. The van der Waals surface area contributed by atoms with Gasteiger partial charge < -0.3 is 0 Å². The molecule has 0 heterocycles. The quantitative estimate of drug-likeness (QED) is 0.679. The SMILES string of the molecule is CC(S)C(C)Cc1ccccc1. The summed E-state index contributed by atoms with van der Waals surface area (Å²) in [5.41, 5.74) is 1.41. The summed E-state index contributed by atoms with van der Waals surface area (Å²) in [4.78, 5) is 0. The second-order valence-corrected chi connectivity index (χ2v) is 4.22. The van der Waals surface area contributed by atoms with Crippen molar-refractivity contribution in [3.8, 4) is 0 Å². The van der Waals surface area contributed by atoms with E-state index in [1.54, 1.807) is 0 Å². The first kappa shape index (κ1) is 9.66. The second-order valence-electron chi connectivity index (χ2n) is 3.41. The van der Waals surface area contributed by atoms with Crippen molar-refractivity contribution < 1.29 is 0 Å². The van der Waals surface area contributed by atoms with Crippen LogP contribution in [-0.2, 0) is 6.42 Å². The minimum absolute atomic E-state index is 0.477. The van der Waals surface area contributed by atoms with Crippen LogP contribution in [0.1, 0.15) is 19.4 Å². The lowest BCUT2D eigenvalue weighted by Crippen LogP contribution is -2.09.